The predicted octanol–water partition coefficient (Wildman–Crippen LogP) is 5.01. The number of nitrogen functional groups attached to an aromatic ring is 1. The van der Waals surface area contributed by atoms with E-state index < -0.39 is 10.8 Å². The van der Waals surface area contributed by atoms with Crippen molar-refractivity contribution in [1.29, 1.82) is 0 Å². The van der Waals surface area contributed by atoms with Crippen molar-refractivity contribution < 1.29 is 4.21 Å². The smallest absolute Gasteiger partial charge is 0.127 e. The van der Waals surface area contributed by atoms with Gasteiger partial charge in [-0.15, -0.1) is 22.7 Å². The van der Waals surface area contributed by atoms with Crippen molar-refractivity contribution in [3.8, 4) is 21.7 Å². The van der Waals surface area contributed by atoms with Gasteiger partial charge in [-0.1, -0.05) is 36.4 Å². The molecule has 3 aromatic heterocycles. The van der Waals surface area contributed by atoms with Gasteiger partial charge in [0.2, 0.25) is 0 Å². The van der Waals surface area contributed by atoms with E-state index in [0.717, 1.165) is 31.9 Å². The second-order valence-corrected chi connectivity index (χ2v) is 8.86. The first-order valence-corrected chi connectivity index (χ1v) is 10.6. The topological polar surface area (TPSA) is 56.0 Å². The Kier molecular flexibility index (Phi) is 3.96. The van der Waals surface area contributed by atoms with Gasteiger partial charge < -0.3 is 5.73 Å². The van der Waals surface area contributed by atoms with Crippen molar-refractivity contribution in [3.63, 3.8) is 0 Å². The van der Waals surface area contributed by atoms with Gasteiger partial charge >= 0.3 is 0 Å². The van der Waals surface area contributed by atoms with Gasteiger partial charge in [0, 0.05) is 11.6 Å². The summed E-state index contributed by atoms with van der Waals surface area (Å²) in [5.74, 6) is 0. The van der Waals surface area contributed by atoms with E-state index >= 15 is 0 Å². The third kappa shape index (κ3) is 2.56. The molecule has 0 spiro atoms. The maximum Gasteiger partial charge on any atom is 0.127 e. The highest BCUT2D eigenvalue weighted by atomic mass is 32.2. The van der Waals surface area contributed by atoms with E-state index in [1.54, 1.807) is 17.6 Å². The van der Waals surface area contributed by atoms with E-state index in [9.17, 15) is 4.21 Å². The molecule has 120 valence electrons. The average molecular weight is 371 g/mol. The van der Waals surface area contributed by atoms with Crippen molar-refractivity contribution in [2.75, 3.05) is 12.0 Å². The molecule has 0 saturated carbocycles. The Bertz CT molecular complexity index is 1040. The zero-order valence-electron chi connectivity index (χ0n) is 12.9. The van der Waals surface area contributed by atoms with Crippen LogP contribution in [0.2, 0.25) is 0 Å². The number of fused-ring (bicyclic) bond motifs is 1. The number of nitrogens with zero attached hydrogens (tertiary/aromatic N) is 1. The van der Waals surface area contributed by atoms with Crippen LogP contribution in [0.15, 0.2) is 58.1 Å². The molecule has 0 amide bonds. The van der Waals surface area contributed by atoms with Gasteiger partial charge in [-0.2, -0.15) is 0 Å². The van der Waals surface area contributed by atoms with Crippen molar-refractivity contribution in [3.05, 3.63) is 53.9 Å². The van der Waals surface area contributed by atoms with Crippen molar-refractivity contribution in [2.24, 2.45) is 0 Å². The molecule has 0 fully saturated rings. The lowest BCUT2D eigenvalue weighted by Crippen LogP contribution is -1.92. The number of thiophene rings is 2. The molecular formula is C18H14N2OS3. The Morgan fingerprint density at radius 3 is 2.58 bits per heavy atom. The minimum atomic E-state index is -1.13. The molecule has 4 rings (SSSR count). The highest BCUT2D eigenvalue weighted by molar-refractivity contribution is 7.87. The molecule has 0 saturated heterocycles. The molecule has 3 heterocycles. The Morgan fingerprint density at radius 1 is 1.12 bits per heavy atom. The molecule has 0 bridgehead atoms. The SMILES string of the molecule is C[S@](=O)c1sc2nc(-c3cccs3)cc(-c3ccccc3)c2c1N. The molecule has 6 heteroatoms. The number of nitrogens with two attached hydrogens (primary N) is 1. The fraction of sp³-hybridized carbons (Fsp3) is 0.0556. The second kappa shape index (κ2) is 6.12. The quantitative estimate of drug-likeness (QED) is 0.551. The van der Waals surface area contributed by atoms with E-state index in [1.807, 2.05) is 29.6 Å². The van der Waals surface area contributed by atoms with Crippen LogP contribution in [0.3, 0.4) is 0 Å². The van der Waals surface area contributed by atoms with E-state index in [-0.39, 0.29) is 0 Å². The van der Waals surface area contributed by atoms with Crippen LogP contribution in [-0.4, -0.2) is 15.4 Å². The lowest BCUT2D eigenvalue weighted by atomic mass is 10.0. The largest absolute Gasteiger partial charge is 0.396 e. The Morgan fingerprint density at radius 2 is 1.92 bits per heavy atom. The molecule has 0 radical (unpaired) electrons. The fourth-order valence-electron chi connectivity index (χ4n) is 2.71. The van der Waals surface area contributed by atoms with Crippen LogP contribution in [-0.2, 0) is 10.8 Å². The predicted molar refractivity (Wildman–Crippen MR) is 105 cm³/mol. The van der Waals surface area contributed by atoms with Crippen LogP contribution in [0.4, 0.5) is 5.69 Å². The van der Waals surface area contributed by atoms with Crippen LogP contribution < -0.4 is 5.73 Å². The molecule has 1 aromatic carbocycles. The average Bonchev–Trinajstić information content (AvgIpc) is 3.23. The summed E-state index contributed by atoms with van der Waals surface area (Å²) in [5, 5.41) is 2.94. The third-order valence-corrected chi connectivity index (χ3v) is 7.27. The molecule has 0 aliphatic rings. The zero-order valence-corrected chi connectivity index (χ0v) is 15.3. The van der Waals surface area contributed by atoms with Crippen molar-refractivity contribution in [1.82, 2.24) is 4.98 Å². The first kappa shape index (κ1) is 15.5. The highest BCUT2D eigenvalue weighted by Crippen LogP contribution is 2.42. The minimum absolute atomic E-state index is 0.583. The molecule has 24 heavy (non-hydrogen) atoms. The van der Waals surface area contributed by atoms with Gasteiger partial charge in [0.15, 0.2) is 0 Å². The molecule has 4 aromatic rings. The summed E-state index contributed by atoms with van der Waals surface area (Å²) in [6.45, 7) is 0. The number of anilines is 1. The van der Waals surface area contributed by atoms with Crippen LogP contribution >= 0.6 is 22.7 Å². The van der Waals surface area contributed by atoms with E-state index in [2.05, 4.69) is 24.3 Å². The van der Waals surface area contributed by atoms with Gasteiger partial charge in [-0.05, 0) is 28.6 Å². The summed E-state index contributed by atoms with van der Waals surface area (Å²) < 4.78 is 12.7. The Hall–Kier alpha value is -2.02. The number of hydrogen-bond donors (Lipinski definition) is 1. The number of aromatic nitrogens is 1. The minimum Gasteiger partial charge on any atom is -0.396 e. The van der Waals surface area contributed by atoms with E-state index in [4.69, 9.17) is 10.7 Å². The van der Waals surface area contributed by atoms with Crippen LogP contribution in [0.25, 0.3) is 31.9 Å². The fourth-order valence-corrected chi connectivity index (χ4v) is 5.37. The van der Waals surface area contributed by atoms with E-state index in [1.165, 1.54) is 11.3 Å². The standard InChI is InChI=1S/C18H14N2OS3/c1-24(21)18-16(19)15-12(11-6-3-2-4-7-11)10-13(20-17(15)23-18)14-8-5-9-22-14/h2-10H,19H2,1H3/t24-/m0/s1. The van der Waals surface area contributed by atoms with E-state index in [0.29, 0.717) is 9.90 Å². The summed E-state index contributed by atoms with van der Waals surface area (Å²) >= 11 is 3.08. The molecule has 0 aliphatic carbocycles. The zero-order chi connectivity index (χ0) is 16.7. The highest BCUT2D eigenvalue weighted by Gasteiger charge is 2.19. The third-order valence-electron chi connectivity index (χ3n) is 3.78. The molecule has 1 atom stereocenters. The van der Waals surface area contributed by atoms with Gasteiger partial charge in [0.25, 0.3) is 0 Å². The summed E-state index contributed by atoms with van der Waals surface area (Å²) in [7, 11) is -1.13. The monoisotopic (exact) mass is 370 g/mol. The Labute approximate surface area is 150 Å². The summed E-state index contributed by atoms with van der Waals surface area (Å²) in [6.07, 6.45) is 1.66. The van der Waals surface area contributed by atoms with Gasteiger partial charge in [0.1, 0.15) is 9.04 Å². The second-order valence-electron chi connectivity index (χ2n) is 5.34. The van der Waals surface area contributed by atoms with Crippen molar-refractivity contribution >= 4 is 49.4 Å². The van der Waals surface area contributed by atoms with Crippen LogP contribution in [0.1, 0.15) is 0 Å². The Balaban J connectivity index is 2.08. The molecule has 2 N–H and O–H groups in total. The van der Waals surface area contributed by atoms with Gasteiger partial charge in [-0.25, -0.2) is 4.98 Å². The summed E-state index contributed by atoms with van der Waals surface area (Å²) in [6, 6.07) is 16.3. The van der Waals surface area contributed by atoms with Crippen molar-refractivity contribution in [2.45, 2.75) is 4.21 Å². The maximum absolute atomic E-state index is 12.0. The first-order valence-electron chi connectivity index (χ1n) is 7.31. The first-order chi connectivity index (χ1) is 11.6. The molecular weight excluding hydrogens is 356 g/mol. The lowest BCUT2D eigenvalue weighted by molar-refractivity contribution is 0.688. The molecule has 0 unspecified atom stereocenters. The molecule has 3 nitrogen and oxygen atoms in total. The summed E-state index contributed by atoms with van der Waals surface area (Å²) in [5.41, 5.74) is 9.95. The normalized spacial score (nSPS) is 12.5. The molecule has 0 aliphatic heterocycles. The number of rotatable bonds is 3. The lowest BCUT2D eigenvalue weighted by Gasteiger charge is -2.07. The van der Waals surface area contributed by atoms with Gasteiger partial charge in [0.05, 0.1) is 27.1 Å². The maximum atomic E-state index is 12.0. The number of pyridine rings is 1. The number of benzene rings is 1. The van der Waals surface area contributed by atoms with Crippen LogP contribution in [0, 0.1) is 0 Å². The van der Waals surface area contributed by atoms with Gasteiger partial charge in [-0.3, -0.25) is 4.21 Å². The van der Waals surface area contributed by atoms with Crippen LogP contribution in [0.5, 0.6) is 0 Å². The number of hydrogen-bond acceptors (Lipinski definition) is 5. The summed E-state index contributed by atoms with van der Waals surface area (Å²) in [4.78, 5) is 6.73.